The number of anilines is 1. The molecule has 1 N–H and O–H groups in total. The Kier molecular flexibility index (Phi) is 9.36. The van der Waals surface area contributed by atoms with Crippen LogP contribution in [0.5, 0.6) is 11.5 Å². The highest BCUT2D eigenvalue weighted by molar-refractivity contribution is 9.10. The summed E-state index contributed by atoms with van der Waals surface area (Å²) in [5, 5.41) is 12.4. The molecule has 0 spiro atoms. The topological polar surface area (TPSA) is 71.3 Å². The Balaban J connectivity index is 1.35. The van der Waals surface area contributed by atoms with Crippen molar-refractivity contribution in [2.45, 2.75) is 20.1 Å². The number of nitriles is 1. The molecular weight excluding hydrogens is 608 g/mol. The third-order valence-electron chi connectivity index (χ3n) is 5.54. The van der Waals surface area contributed by atoms with Crippen LogP contribution in [0.25, 0.3) is 6.08 Å². The van der Waals surface area contributed by atoms with Crippen molar-refractivity contribution in [1.82, 2.24) is 0 Å². The molecule has 190 valence electrons. The lowest BCUT2D eigenvalue weighted by molar-refractivity contribution is -0.112. The second kappa shape index (κ2) is 13.1. The van der Waals surface area contributed by atoms with Crippen molar-refractivity contribution < 1.29 is 14.3 Å². The van der Waals surface area contributed by atoms with Gasteiger partial charge < -0.3 is 14.8 Å². The van der Waals surface area contributed by atoms with Crippen LogP contribution >= 0.6 is 31.9 Å². The molecule has 1 amide bonds. The first-order chi connectivity index (χ1) is 18.4. The quantitative estimate of drug-likeness (QED) is 0.149. The summed E-state index contributed by atoms with van der Waals surface area (Å²) in [5.74, 6) is 0.859. The van der Waals surface area contributed by atoms with Gasteiger partial charge in [0.2, 0.25) is 0 Å². The Morgan fingerprint density at radius 3 is 2.32 bits per heavy atom. The summed E-state index contributed by atoms with van der Waals surface area (Å²) in [5.41, 5.74) is 4.55. The number of nitrogens with one attached hydrogen (secondary N) is 1. The molecule has 4 aromatic rings. The standard InChI is InChI=1S/C31H24Br2N2O3/c1-21-3-2-4-24(15-21)20-38-30-14-7-23(17-29(30)33)16-25(18-34)31(36)35-27-10-12-28(13-11-27)37-19-22-5-8-26(32)9-6-22/h2-17H,19-20H2,1H3,(H,35,36)/b25-16+. The zero-order valence-electron chi connectivity index (χ0n) is 20.6. The Morgan fingerprint density at radius 1 is 0.895 bits per heavy atom. The van der Waals surface area contributed by atoms with Gasteiger partial charge in [0.25, 0.3) is 5.91 Å². The molecule has 0 atom stereocenters. The average molecular weight is 632 g/mol. The number of carbonyl (C=O) groups excluding carboxylic acids is 1. The molecule has 0 saturated carbocycles. The number of carbonyl (C=O) groups is 1. The van der Waals surface area contributed by atoms with E-state index in [0.29, 0.717) is 36.0 Å². The molecule has 5 nitrogen and oxygen atoms in total. The number of amides is 1. The summed E-state index contributed by atoms with van der Waals surface area (Å²) >= 11 is 6.94. The van der Waals surface area contributed by atoms with E-state index in [-0.39, 0.29) is 5.57 Å². The van der Waals surface area contributed by atoms with E-state index >= 15 is 0 Å². The number of benzene rings is 4. The maximum absolute atomic E-state index is 12.7. The third kappa shape index (κ3) is 7.82. The highest BCUT2D eigenvalue weighted by Gasteiger charge is 2.11. The third-order valence-corrected chi connectivity index (χ3v) is 6.69. The summed E-state index contributed by atoms with van der Waals surface area (Å²) in [6.07, 6.45) is 1.54. The Hall–Kier alpha value is -3.86. The van der Waals surface area contributed by atoms with E-state index in [1.54, 1.807) is 36.4 Å². The minimum atomic E-state index is -0.494. The van der Waals surface area contributed by atoms with Gasteiger partial charge in [0, 0.05) is 10.2 Å². The van der Waals surface area contributed by atoms with E-state index in [1.807, 2.05) is 67.6 Å². The van der Waals surface area contributed by atoms with Gasteiger partial charge >= 0.3 is 0 Å². The van der Waals surface area contributed by atoms with Crippen LogP contribution in [0.2, 0.25) is 0 Å². The fourth-order valence-corrected chi connectivity index (χ4v) is 4.36. The van der Waals surface area contributed by atoms with Gasteiger partial charge in [0.05, 0.1) is 4.47 Å². The van der Waals surface area contributed by atoms with E-state index in [2.05, 4.69) is 43.2 Å². The fraction of sp³-hybridized carbons (Fsp3) is 0.0968. The minimum Gasteiger partial charge on any atom is -0.489 e. The zero-order valence-corrected chi connectivity index (χ0v) is 23.8. The zero-order chi connectivity index (χ0) is 26.9. The predicted octanol–water partition coefficient (Wildman–Crippen LogP) is 8.22. The van der Waals surface area contributed by atoms with Crippen LogP contribution < -0.4 is 14.8 Å². The molecule has 0 heterocycles. The molecule has 4 aromatic carbocycles. The van der Waals surface area contributed by atoms with Crippen LogP contribution in [0, 0.1) is 18.3 Å². The maximum atomic E-state index is 12.7. The highest BCUT2D eigenvalue weighted by atomic mass is 79.9. The van der Waals surface area contributed by atoms with Gasteiger partial charge in [0.15, 0.2) is 0 Å². The summed E-state index contributed by atoms with van der Waals surface area (Å²) in [7, 11) is 0. The maximum Gasteiger partial charge on any atom is 0.266 e. The monoisotopic (exact) mass is 630 g/mol. The van der Waals surface area contributed by atoms with Crippen molar-refractivity contribution in [1.29, 1.82) is 5.26 Å². The first kappa shape index (κ1) is 27.2. The lowest BCUT2D eigenvalue weighted by atomic mass is 10.1. The van der Waals surface area contributed by atoms with Crippen LogP contribution in [0.1, 0.15) is 22.3 Å². The van der Waals surface area contributed by atoms with Gasteiger partial charge in [0.1, 0.15) is 36.4 Å². The summed E-state index contributed by atoms with van der Waals surface area (Å²) in [4.78, 5) is 12.7. The molecule has 0 aliphatic heterocycles. The molecular formula is C31H24Br2N2O3. The molecule has 0 radical (unpaired) electrons. The van der Waals surface area contributed by atoms with Crippen molar-refractivity contribution in [3.8, 4) is 17.6 Å². The number of rotatable bonds is 9. The van der Waals surface area contributed by atoms with Crippen molar-refractivity contribution in [2.75, 3.05) is 5.32 Å². The van der Waals surface area contributed by atoms with Crippen molar-refractivity contribution >= 4 is 49.5 Å². The average Bonchev–Trinajstić information content (AvgIpc) is 2.91. The molecule has 38 heavy (non-hydrogen) atoms. The smallest absolute Gasteiger partial charge is 0.266 e. The minimum absolute atomic E-state index is 0.0131. The largest absolute Gasteiger partial charge is 0.489 e. The number of aryl methyl sites for hydroxylation is 1. The fourth-order valence-electron chi connectivity index (χ4n) is 3.58. The van der Waals surface area contributed by atoms with E-state index in [9.17, 15) is 10.1 Å². The molecule has 0 aromatic heterocycles. The molecule has 0 aliphatic carbocycles. The van der Waals surface area contributed by atoms with Gasteiger partial charge in [-0.15, -0.1) is 0 Å². The van der Waals surface area contributed by atoms with Gasteiger partial charge in [-0.25, -0.2) is 0 Å². The van der Waals surface area contributed by atoms with Crippen molar-refractivity contribution in [2.24, 2.45) is 0 Å². The molecule has 0 saturated heterocycles. The number of nitrogens with zero attached hydrogens (tertiary/aromatic N) is 1. The van der Waals surface area contributed by atoms with Crippen LogP contribution in [-0.4, -0.2) is 5.91 Å². The molecule has 0 fully saturated rings. The Bertz CT molecular complexity index is 1490. The van der Waals surface area contributed by atoms with Crippen LogP contribution in [0.4, 0.5) is 5.69 Å². The van der Waals surface area contributed by atoms with E-state index < -0.39 is 5.91 Å². The molecule has 0 bridgehead atoms. The molecule has 4 rings (SSSR count). The number of ether oxygens (including phenoxy) is 2. The van der Waals surface area contributed by atoms with Crippen LogP contribution in [0.15, 0.2) is 106 Å². The number of hydrogen-bond acceptors (Lipinski definition) is 4. The predicted molar refractivity (Wildman–Crippen MR) is 157 cm³/mol. The Morgan fingerprint density at radius 2 is 1.63 bits per heavy atom. The normalized spacial score (nSPS) is 10.9. The van der Waals surface area contributed by atoms with Gasteiger partial charge in [-0.05, 0) is 94.2 Å². The SMILES string of the molecule is Cc1cccc(COc2ccc(/C=C(\C#N)C(=O)Nc3ccc(OCc4ccc(Br)cc4)cc3)cc2Br)c1. The van der Waals surface area contributed by atoms with Crippen LogP contribution in [-0.2, 0) is 18.0 Å². The number of halogens is 2. The summed E-state index contributed by atoms with van der Waals surface area (Å²) in [6, 6.07) is 30.5. The van der Waals surface area contributed by atoms with E-state index in [0.717, 1.165) is 20.1 Å². The lowest BCUT2D eigenvalue weighted by Crippen LogP contribution is -2.13. The molecule has 0 aliphatic rings. The highest BCUT2D eigenvalue weighted by Crippen LogP contribution is 2.28. The first-order valence-corrected chi connectivity index (χ1v) is 13.4. The van der Waals surface area contributed by atoms with E-state index in [1.165, 1.54) is 5.56 Å². The van der Waals surface area contributed by atoms with Crippen LogP contribution in [0.3, 0.4) is 0 Å². The second-order valence-corrected chi connectivity index (χ2v) is 10.3. The number of hydrogen-bond donors (Lipinski definition) is 1. The molecule has 7 heteroatoms. The second-order valence-electron chi connectivity index (χ2n) is 8.53. The van der Waals surface area contributed by atoms with Crippen molar-refractivity contribution in [3.05, 3.63) is 128 Å². The summed E-state index contributed by atoms with van der Waals surface area (Å²) in [6.45, 7) is 2.92. The lowest BCUT2D eigenvalue weighted by Gasteiger charge is -2.10. The van der Waals surface area contributed by atoms with Gasteiger partial charge in [-0.1, -0.05) is 64.0 Å². The summed E-state index contributed by atoms with van der Waals surface area (Å²) < 4.78 is 13.5. The Labute approximate surface area is 239 Å². The van der Waals surface area contributed by atoms with E-state index in [4.69, 9.17) is 9.47 Å². The molecule has 0 unspecified atom stereocenters. The van der Waals surface area contributed by atoms with Crippen molar-refractivity contribution in [3.63, 3.8) is 0 Å². The first-order valence-electron chi connectivity index (χ1n) is 11.8. The van der Waals surface area contributed by atoms with Gasteiger partial charge in [-0.2, -0.15) is 5.26 Å². The van der Waals surface area contributed by atoms with Gasteiger partial charge in [-0.3, -0.25) is 4.79 Å².